The van der Waals surface area contributed by atoms with Gasteiger partial charge in [-0.25, -0.2) is 4.98 Å². The standard InChI is InChI=1S/C8H11N3O2/c1-8(3-2-4-13-8)7-9-6(5-12)10-11-7/h5H,2-4H2,1H3,(H,9,10,11). The fourth-order valence-electron chi connectivity index (χ4n) is 1.53. The van der Waals surface area contributed by atoms with Crippen molar-refractivity contribution in [2.24, 2.45) is 0 Å². The first-order valence-corrected chi connectivity index (χ1v) is 4.27. The van der Waals surface area contributed by atoms with Crippen molar-refractivity contribution in [3.05, 3.63) is 11.6 Å². The van der Waals surface area contributed by atoms with Gasteiger partial charge in [0.25, 0.3) is 0 Å². The van der Waals surface area contributed by atoms with Gasteiger partial charge >= 0.3 is 0 Å². The van der Waals surface area contributed by atoms with Gasteiger partial charge in [-0.05, 0) is 19.8 Å². The van der Waals surface area contributed by atoms with E-state index in [0.717, 1.165) is 19.4 Å². The molecule has 2 rings (SSSR count). The van der Waals surface area contributed by atoms with Gasteiger partial charge in [0.05, 0.1) is 0 Å². The van der Waals surface area contributed by atoms with Gasteiger partial charge in [0, 0.05) is 6.61 Å². The van der Waals surface area contributed by atoms with Crippen molar-refractivity contribution in [2.75, 3.05) is 6.61 Å². The van der Waals surface area contributed by atoms with Crippen LogP contribution in [0.25, 0.3) is 0 Å². The number of hydrogen-bond acceptors (Lipinski definition) is 4. The van der Waals surface area contributed by atoms with Crippen molar-refractivity contribution >= 4 is 6.29 Å². The van der Waals surface area contributed by atoms with E-state index in [4.69, 9.17) is 4.74 Å². The van der Waals surface area contributed by atoms with E-state index in [2.05, 4.69) is 15.2 Å². The lowest BCUT2D eigenvalue weighted by Gasteiger charge is -2.18. The number of nitrogens with one attached hydrogen (secondary N) is 1. The Balaban J connectivity index is 2.28. The molecular formula is C8H11N3O2. The monoisotopic (exact) mass is 181 g/mol. The van der Waals surface area contributed by atoms with Gasteiger partial charge in [-0.3, -0.25) is 9.89 Å². The quantitative estimate of drug-likeness (QED) is 0.680. The second kappa shape index (κ2) is 2.92. The Bertz CT molecular complexity index is 315. The van der Waals surface area contributed by atoms with Crippen molar-refractivity contribution in [2.45, 2.75) is 25.4 Å². The van der Waals surface area contributed by atoms with E-state index in [1.165, 1.54) is 0 Å². The van der Waals surface area contributed by atoms with E-state index < -0.39 is 0 Å². The van der Waals surface area contributed by atoms with E-state index in [-0.39, 0.29) is 11.4 Å². The lowest BCUT2D eigenvalue weighted by molar-refractivity contribution is 0.00962. The van der Waals surface area contributed by atoms with Crippen LogP contribution in [0.2, 0.25) is 0 Å². The third kappa shape index (κ3) is 1.35. The molecule has 0 saturated carbocycles. The predicted octanol–water partition coefficient (Wildman–Crippen LogP) is 0.643. The molecule has 1 aliphatic rings. The number of rotatable bonds is 2. The van der Waals surface area contributed by atoms with Crippen LogP contribution in [0.1, 0.15) is 36.2 Å². The molecule has 1 unspecified atom stereocenters. The first-order valence-electron chi connectivity index (χ1n) is 4.27. The molecule has 70 valence electrons. The largest absolute Gasteiger partial charge is 0.367 e. The molecule has 1 aliphatic heterocycles. The number of aromatic nitrogens is 3. The molecule has 0 aromatic carbocycles. The smallest absolute Gasteiger partial charge is 0.214 e. The number of carbonyl (C=O) groups excluding carboxylic acids is 1. The normalized spacial score (nSPS) is 27.8. The zero-order valence-corrected chi connectivity index (χ0v) is 7.41. The Hall–Kier alpha value is -1.23. The molecule has 2 heterocycles. The van der Waals surface area contributed by atoms with Crippen molar-refractivity contribution in [3.8, 4) is 0 Å². The van der Waals surface area contributed by atoms with Crippen LogP contribution in [0.3, 0.4) is 0 Å². The lowest BCUT2D eigenvalue weighted by Crippen LogP contribution is -2.21. The zero-order valence-electron chi connectivity index (χ0n) is 7.41. The Morgan fingerprint density at radius 1 is 1.69 bits per heavy atom. The van der Waals surface area contributed by atoms with Crippen molar-refractivity contribution < 1.29 is 9.53 Å². The van der Waals surface area contributed by atoms with E-state index >= 15 is 0 Å². The summed E-state index contributed by atoms with van der Waals surface area (Å²) >= 11 is 0. The van der Waals surface area contributed by atoms with Gasteiger partial charge in [0.1, 0.15) is 5.60 Å². The van der Waals surface area contributed by atoms with Gasteiger partial charge in [0.15, 0.2) is 12.1 Å². The summed E-state index contributed by atoms with van der Waals surface area (Å²) in [5, 5.41) is 6.46. The summed E-state index contributed by atoms with van der Waals surface area (Å²) < 4.78 is 5.53. The van der Waals surface area contributed by atoms with Crippen molar-refractivity contribution in [1.82, 2.24) is 15.2 Å². The van der Waals surface area contributed by atoms with Gasteiger partial charge in [-0.2, -0.15) is 5.10 Å². The van der Waals surface area contributed by atoms with Crippen LogP contribution >= 0.6 is 0 Å². The Kier molecular flexibility index (Phi) is 1.88. The molecule has 13 heavy (non-hydrogen) atoms. The van der Waals surface area contributed by atoms with Crippen LogP contribution in [-0.4, -0.2) is 28.1 Å². The molecule has 1 saturated heterocycles. The maximum atomic E-state index is 10.4. The average Bonchev–Trinajstić information content (AvgIpc) is 2.72. The topological polar surface area (TPSA) is 67.9 Å². The summed E-state index contributed by atoms with van der Waals surface area (Å²) in [5.41, 5.74) is -0.381. The maximum Gasteiger partial charge on any atom is 0.214 e. The van der Waals surface area contributed by atoms with Gasteiger partial charge < -0.3 is 4.74 Å². The second-order valence-corrected chi connectivity index (χ2v) is 3.34. The molecule has 1 aromatic rings. The van der Waals surface area contributed by atoms with E-state index in [1.54, 1.807) is 0 Å². The summed E-state index contributed by atoms with van der Waals surface area (Å²) in [5.74, 6) is 0.832. The number of ether oxygens (including phenoxy) is 1. The number of H-pyrrole nitrogens is 1. The lowest BCUT2D eigenvalue weighted by atomic mass is 10.0. The highest BCUT2D eigenvalue weighted by molar-refractivity contribution is 5.68. The predicted molar refractivity (Wildman–Crippen MR) is 44.3 cm³/mol. The third-order valence-corrected chi connectivity index (χ3v) is 2.33. The van der Waals surface area contributed by atoms with Crippen LogP contribution in [0, 0.1) is 0 Å². The first kappa shape index (κ1) is 8.37. The molecule has 1 atom stereocenters. The molecule has 0 radical (unpaired) electrons. The van der Waals surface area contributed by atoms with Crippen LogP contribution in [-0.2, 0) is 10.3 Å². The number of hydrogen-bond donors (Lipinski definition) is 1. The zero-order chi connectivity index (χ0) is 9.31. The summed E-state index contributed by atoms with van der Waals surface area (Å²) in [4.78, 5) is 14.4. The number of aromatic amines is 1. The van der Waals surface area contributed by atoms with Crippen molar-refractivity contribution in [1.29, 1.82) is 0 Å². The minimum absolute atomic E-state index is 0.187. The Morgan fingerprint density at radius 2 is 2.54 bits per heavy atom. The highest BCUT2D eigenvalue weighted by atomic mass is 16.5. The molecule has 0 aliphatic carbocycles. The van der Waals surface area contributed by atoms with E-state index in [9.17, 15) is 4.79 Å². The van der Waals surface area contributed by atoms with Gasteiger partial charge in [0.2, 0.25) is 5.82 Å². The maximum absolute atomic E-state index is 10.4. The molecule has 1 fully saturated rings. The molecule has 1 aromatic heterocycles. The summed E-state index contributed by atoms with van der Waals surface area (Å²) in [7, 11) is 0. The molecule has 1 N–H and O–H groups in total. The average molecular weight is 181 g/mol. The van der Waals surface area contributed by atoms with E-state index in [1.807, 2.05) is 6.92 Å². The fourth-order valence-corrected chi connectivity index (χ4v) is 1.53. The summed E-state index contributed by atoms with van der Waals surface area (Å²) in [6.45, 7) is 2.70. The van der Waals surface area contributed by atoms with E-state index in [0.29, 0.717) is 12.1 Å². The second-order valence-electron chi connectivity index (χ2n) is 3.34. The highest BCUT2D eigenvalue weighted by Gasteiger charge is 2.35. The first-order chi connectivity index (χ1) is 6.24. The molecule has 5 nitrogen and oxygen atoms in total. The fraction of sp³-hybridized carbons (Fsp3) is 0.625. The third-order valence-electron chi connectivity index (χ3n) is 2.33. The van der Waals surface area contributed by atoms with Crippen LogP contribution < -0.4 is 0 Å². The van der Waals surface area contributed by atoms with Crippen molar-refractivity contribution in [3.63, 3.8) is 0 Å². The van der Waals surface area contributed by atoms with Crippen LogP contribution in [0.15, 0.2) is 0 Å². The summed E-state index contributed by atoms with van der Waals surface area (Å²) in [6, 6.07) is 0. The molecule has 0 amide bonds. The molecule has 0 bridgehead atoms. The highest BCUT2D eigenvalue weighted by Crippen LogP contribution is 2.32. The molecule has 0 spiro atoms. The summed E-state index contributed by atoms with van der Waals surface area (Å²) in [6.07, 6.45) is 2.56. The van der Waals surface area contributed by atoms with Gasteiger partial charge in [-0.15, -0.1) is 0 Å². The van der Waals surface area contributed by atoms with Gasteiger partial charge in [-0.1, -0.05) is 0 Å². The Morgan fingerprint density at radius 3 is 3.08 bits per heavy atom. The number of aldehydes is 1. The number of nitrogens with zero attached hydrogens (tertiary/aromatic N) is 2. The van der Waals surface area contributed by atoms with Crippen LogP contribution in [0.5, 0.6) is 0 Å². The minimum Gasteiger partial charge on any atom is -0.367 e. The minimum atomic E-state index is -0.381. The van der Waals surface area contributed by atoms with Crippen LogP contribution in [0.4, 0.5) is 0 Å². The molecule has 5 heteroatoms. The molecular weight excluding hydrogens is 170 g/mol. The number of carbonyl (C=O) groups is 1. The SMILES string of the molecule is CC1(c2nc(C=O)n[nH]2)CCCO1. The Labute approximate surface area is 75.5 Å².